The summed E-state index contributed by atoms with van der Waals surface area (Å²) >= 11 is 3.07. The van der Waals surface area contributed by atoms with Crippen LogP contribution in [0.5, 0.6) is 0 Å². The highest BCUT2D eigenvalue weighted by Crippen LogP contribution is 2.20. The Morgan fingerprint density at radius 3 is 2.40 bits per heavy atom. The standard InChI is InChI=1S/C11H8BrFN2/c1-7-9(13)10(12)15-11(14-7)8-5-3-2-4-6-8/h2-6H,1H3. The van der Waals surface area contributed by atoms with E-state index in [0.29, 0.717) is 11.5 Å². The van der Waals surface area contributed by atoms with Crippen LogP contribution in [0.15, 0.2) is 34.9 Å². The molecule has 76 valence electrons. The summed E-state index contributed by atoms with van der Waals surface area (Å²) < 4.78 is 13.5. The van der Waals surface area contributed by atoms with Crippen LogP contribution in [-0.4, -0.2) is 9.97 Å². The molecule has 0 unspecified atom stereocenters. The maximum atomic E-state index is 13.3. The zero-order valence-corrected chi connectivity index (χ0v) is 9.62. The molecule has 1 aromatic heterocycles. The second-order valence-electron chi connectivity index (χ2n) is 3.10. The molecule has 4 heteroatoms. The third kappa shape index (κ3) is 2.04. The van der Waals surface area contributed by atoms with Crippen molar-refractivity contribution >= 4 is 15.9 Å². The molecular formula is C11H8BrFN2. The first kappa shape index (κ1) is 10.2. The summed E-state index contributed by atoms with van der Waals surface area (Å²) in [6.07, 6.45) is 0. The molecular weight excluding hydrogens is 259 g/mol. The molecule has 0 saturated heterocycles. The summed E-state index contributed by atoms with van der Waals surface area (Å²) in [7, 11) is 0. The normalized spacial score (nSPS) is 10.3. The first-order chi connectivity index (χ1) is 7.18. The number of aryl methyl sites for hydroxylation is 1. The van der Waals surface area contributed by atoms with Gasteiger partial charge in [0, 0.05) is 5.56 Å². The molecule has 0 radical (unpaired) electrons. The van der Waals surface area contributed by atoms with E-state index in [1.54, 1.807) is 6.92 Å². The van der Waals surface area contributed by atoms with E-state index in [4.69, 9.17) is 0 Å². The van der Waals surface area contributed by atoms with Crippen LogP contribution in [0.3, 0.4) is 0 Å². The molecule has 0 aliphatic carbocycles. The topological polar surface area (TPSA) is 25.8 Å². The number of halogens is 2. The van der Waals surface area contributed by atoms with E-state index in [9.17, 15) is 4.39 Å². The number of rotatable bonds is 1. The number of hydrogen-bond acceptors (Lipinski definition) is 2. The average molecular weight is 267 g/mol. The Hall–Kier alpha value is -1.29. The second-order valence-corrected chi connectivity index (χ2v) is 3.85. The molecule has 0 aliphatic rings. The molecule has 0 saturated carbocycles. The lowest BCUT2D eigenvalue weighted by Crippen LogP contribution is -1.97. The smallest absolute Gasteiger partial charge is 0.177 e. The summed E-state index contributed by atoms with van der Waals surface area (Å²) in [6, 6.07) is 9.48. The molecule has 2 rings (SSSR count). The van der Waals surface area contributed by atoms with Gasteiger partial charge in [-0.3, -0.25) is 0 Å². The Balaban J connectivity index is 2.56. The number of nitrogens with zero attached hydrogens (tertiary/aromatic N) is 2. The van der Waals surface area contributed by atoms with Crippen molar-refractivity contribution in [3.63, 3.8) is 0 Å². The van der Waals surface area contributed by atoms with E-state index in [1.807, 2.05) is 30.3 Å². The minimum atomic E-state index is -0.408. The number of aromatic nitrogens is 2. The molecule has 0 spiro atoms. The van der Waals surface area contributed by atoms with Crippen molar-refractivity contribution in [1.29, 1.82) is 0 Å². The average Bonchev–Trinajstić information content (AvgIpc) is 2.26. The quantitative estimate of drug-likeness (QED) is 0.740. The Kier molecular flexibility index (Phi) is 2.77. The molecule has 0 fully saturated rings. The summed E-state index contributed by atoms with van der Waals surface area (Å²) in [6.45, 7) is 1.62. The highest BCUT2D eigenvalue weighted by molar-refractivity contribution is 9.10. The Morgan fingerprint density at radius 1 is 1.13 bits per heavy atom. The lowest BCUT2D eigenvalue weighted by Gasteiger charge is -2.03. The van der Waals surface area contributed by atoms with Gasteiger partial charge in [0.05, 0.1) is 5.69 Å². The maximum absolute atomic E-state index is 13.3. The van der Waals surface area contributed by atoms with Crippen molar-refractivity contribution in [3.05, 3.63) is 46.4 Å². The van der Waals surface area contributed by atoms with Gasteiger partial charge in [-0.1, -0.05) is 30.3 Å². The zero-order valence-electron chi connectivity index (χ0n) is 8.04. The fourth-order valence-electron chi connectivity index (χ4n) is 1.24. The van der Waals surface area contributed by atoms with E-state index in [0.717, 1.165) is 5.56 Å². The lowest BCUT2D eigenvalue weighted by molar-refractivity contribution is 0.594. The van der Waals surface area contributed by atoms with Gasteiger partial charge in [-0.2, -0.15) is 0 Å². The fraction of sp³-hybridized carbons (Fsp3) is 0.0909. The second kappa shape index (κ2) is 4.06. The van der Waals surface area contributed by atoms with Gasteiger partial charge in [-0.25, -0.2) is 14.4 Å². The maximum Gasteiger partial charge on any atom is 0.177 e. The number of hydrogen-bond donors (Lipinski definition) is 0. The Morgan fingerprint density at radius 2 is 1.80 bits per heavy atom. The highest BCUT2D eigenvalue weighted by atomic mass is 79.9. The largest absolute Gasteiger partial charge is 0.230 e. The van der Waals surface area contributed by atoms with Crippen LogP contribution >= 0.6 is 15.9 Å². The van der Waals surface area contributed by atoms with Crippen LogP contribution in [-0.2, 0) is 0 Å². The SMILES string of the molecule is Cc1nc(-c2ccccc2)nc(Br)c1F. The van der Waals surface area contributed by atoms with Gasteiger partial charge in [-0.05, 0) is 22.9 Å². The van der Waals surface area contributed by atoms with Crippen LogP contribution in [0.25, 0.3) is 11.4 Å². The van der Waals surface area contributed by atoms with Gasteiger partial charge in [0.25, 0.3) is 0 Å². The molecule has 2 nitrogen and oxygen atoms in total. The molecule has 0 atom stereocenters. The third-order valence-electron chi connectivity index (χ3n) is 2.01. The van der Waals surface area contributed by atoms with Crippen molar-refractivity contribution in [2.75, 3.05) is 0 Å². The Bertz CT molecular complexity index is 462. The van der Waals surface area contributed by atoms with E-state index in [2.05, 4.69) is 25.9 Å². The predicted molar refractivity (Wildman–Crippen MR) is 59.9 cm³/mol. The van der Waals surface area contributed by atoms with Gasteiger partial charge in [0.15, 0.2) is 11.6 Å². The van der Waals surface area contributed by atoms with Crippen molar-refractivity contribution in [2.45, 2.75) is 6.92 Å². The summed E-state index contributed by atoms with van der Waals surface area (Å²) in [5.74, 6) is 0.121. The van der Waals surface area contributed by atoms with E-state index < -0.39 is 5.82 Å². The van der Waals surface area contributed by atoms with Gasteiger partial charge in [-0.15, -0.1) is 0 Å². The third-order valence-corrected chi connectivity index (χ3v) is 2.53. The molecule has 0 amide bonds. The molecule has 0 N–H and O–H groups in total. The lowest BCUT2D eigenvalue weighted by atomic mass is 10.2. The molecule has 2 aromatic rings. The molecule has 1 heterocycles. The van der Waals surface area contributed by atoms with E-state index in [-0.39, 0.29) is 4.60 Å². The fourth-order valence-corrected chi connectivity index (χ4v) is 1.70. The van der Waals surface area contributed by atoms with Gasteiger partial charge >= 0.3 is 0 Å². The molecule has 0 aliphatic heterocycles. The van der Waals surface area contributed by atoms with Crippen LogP contribution in [0.1, 0.15) is 5.69 Å². The summed E-state index contributed by atoms with van der Waals surface area (Å²) in [5.41, 5.74) is 1.22. The van der Waals surface area contributed by atoms with Gasteiger partial charge < -0.3 is 0 Å². The van der Waals surface area contributed by atoms with Gasteiger partial charge in [0.2, 0.25) is 0 Å². The van der Waals surface area contributed by atoms with E-state index in [1.165, 1.54) is 0 Å². The Labute approximate surface area is 95.3 Å². The van der Waals surface area contributed by atoms with Crippen molar-refractivity contribution in [2.24, 2.45) is 0 Å². The highest BCUT2D eigenvalue weighted by Gasteiger charge is 2.09. The van der Waals surface area contributed by atoms with E-state index >= 15 is 0 Å². The minimum absolute atomic E-state index is 0.203. The van der Waals surface area contributed by atoms with Gasteiger partial charge in [0.1, 0.15) is 4.60 Å². The van der Waals surface area contributed by atoms with Crippen LogP contribution in [0.2, 0.25) is 0 Å². The first-order valence-corrected chi connectivity index (χ1v) is 5.23. The molecule has 0 bridgehead atoms. The molecule has 15 heavy (non-hydrogen) atoms. The predicted octanol–water partition coefficient (Wildman–Crippen LogP) is 3.35. The van der Waals surface area contributed by atoms with Crippen LogP contribution < -0.4 is 0 Å². The minimum Gasteiger partial charge on any atom is -0.230 e. The monoisotopic (exact) mass is 266 g/mol. The first-order valence-electron chi connectivity index (χ1n) is 4.43. The van der Waals surface area contributed by atoms with Crippen molar-refractivity contribution in [3.8, 4) is 11.4 Å². The number of benzene rings is 1. The summed E-state index contributed by atoms with van der Waals surface area (Å²) in [4.78, 5) is 8.12. The van der Waals surface area contributed by atoms with Crippen molar-refractivity contribution in [1.82, 2.24) is 9.97 Å². The summed E-state index contributed by atoms with van der Waals surface area (Å²) in [5, 5.41) is 0. The van der Waals surface area contributed by atoms with Crippen LogP contribution in [0, 0.1) is 12.7 Å². The van der Waals surface area contributed by atoms with Crippen LogP contribution in [0.4, 0.5) is 4.39 Å². The zero-order chi connectivity index (χ0) is 10.8. The van der Waals surface area contributed by atoms with Crippen molar-refractivity contribution < 1.29 is 4.39 Å². The molecule has 1 aromatic carbocycles.